The number of pyridine rings is 1. The second-order valence-corrected chi connectivity index (χ2v) is 11.3. The number of hydrogen-bond acceptors (Lipinski definition) is 9. The minimum Gasteiger partial charge on any atom is -0.369 e. The summed E-state index contributed by atoms with van der Waals surface area (Å²) >= 11 is 1.56. The van der Waals surface area contributed by atoms with Crippen LogP contribution in [0.25, 0.3) is 27.5 Å². The molecule has 4 aromatic rings. The van der Waals surface area contributed by atoms with Crippen LogP contribution in [0.5, 0.6) is 0 Å². The van der Waals surface area contributed by atoms with E-state index in [0.29, 0.717) is 11.3 Å². The van der Waals surface area contributed by atoms with E-state index in [4.69, 9.17) is 4.98 Å². The average Bonchev–Trinajstić information content (AvgIpc) is 3.70. The summed E-state index contributed by atoms with van der Waals surface area (Å²) in [6.07, 6.45) is 8.06. The monoisotopic (exact) mass is 523 g/mol. The average molecular weight is 524 g/mol. The van der Waals surface area contributed by atoms with Crippen molar-refractivity contribution < 1.29 is 4.79 Å². The lowest BCUT2D eigenvalue weighted by Gasteiger charge is -2.27. The highest BCUT2D eigenvalue weighted by Crippen LogP contribution is 2.58. The summed E-state index contributed by atoms with van der Waals surface area (Å²) in [6, 6.07) is 11.4. The van der Waals surface area contributed by atoms with E-state index in [-0.39, 0.29) is 16.9 Å². The van der Waals surface area contributed by atoms with Crippen LogP contribution in [0.1, 0.15) is 56.5 Å². The van der Waals surface area contributed by atoms with Crippen LogP contribution in [0.15, 0.2) is 36.7 Å². The number of hydrogen-bond donors (Lipinski definition) is 2. The Labute approximate surface area is 223 Å². The van der Waals surface area contributed by atoms with Gasteiger partial charge in [0.2, 0.25) is 5.91 Å². The first-order valence-corrected chi connectivity index (χ1v) is 13.3. The van der Waals surface area contributed by atoms with Crippen LogP contribution in [-0.2, 0) is 10.2 Å². The molecule has 4 heterocycles. The third-order valence-corrected chi connectivity index (χ3v) is 8.96. The highest BCUT2D eigenvalue weighted by molar-refractivity contribution is 7.14. The van der Waals surface area contributed by atoms with Gasteiger partial charge in [-0.25, -0.2) is 4.52 Å². The van der Waals surface area contributed by atoms with Gasteiger partial charge >= 0.3 is 0 Å². The highest BCUT2D eigenvalue weighted by atomic mass is 32.1. The molecule has 38 heavy (non-hydrogen) atoms. The molecule has 2 saturated carbocycles. The Morgan fingerprint density at radius 2 is 1.97 bits per heavy atom. The maximum Gasteiger partial charge on any atom is 0.217 e. The molecule has 2 N–H and O–H groups in total. The molecule has 1 atom stereocenters. The first-order valence-electron chi connectivity index (χ1n) is 12.5. The third kappa shape index (κ3) is 3.96. The van der Waals surface area contributed by atoms with Crippen molar-refractivity contribution in [3.05, 3.63) is 47.2 Å². The van der Waals surface area contributed by atoms with Gasteiger partial charge in [-0.1, -0.05) is 11.3 Å². The van der Waals surface area contributed by atoms with Crippen molar-refractivity contribution in [1.82, 2.24) is 30.1 Å². The van der Waals surface area contributed by atoms with Gasteiger partial charge < -0.3 is 10.6 Å². The van der Waals surface area contributed by atoms with Crippen LogP contribution in [0.4, 0.5) is 5.69 Å². The predicted molar refractivity (Wildman–Crippen MR) is 142 cm³/mol. The number of carbonyl (C=O) groups excluding carboxylic acids is 1. The molecular weight excluding hydrogens is 498 g/mol. The van der Waals surface area contributed by atoms with Gasteiger partial charge in [-0.2, -0.15) is 15.6 Å². The standard InChI is InChI=1S/C27H25N9OS/c1-16(11-28)32-21-10-22(23-4-3-19-9-18(12-29)13-31-36(19)23)30-14-20(21)24-34-35-25(38-24)26-5-7-27(15-26,8-6-26)33-17(2)37/h3-4,9-10,13-14,16H,5-8,15H2,1-2H3,(H,30,32)(H,33,37)/t16-,26?,27?/m1/s1. The minimum atomic E-state index is -0.432. The fourth-order valence-corrected chi connectivity index (χ4v) is 7.10. The third-order valence-electron chi connectivity index (χ3n) is 7.75. The Kier molecular flexibility index (Phi) is 5.62. The molecular formula is C27H25N9OS. The van der Waals surface area contributed by atoms with Crippen molar-refractivity contribution in [2.75, 3.05) is 5.32 Å². The molecule has 0 aromatic carbocycles. The normalized spacial score (nSPS) is 22.6. The molecule has 190 valence electrons. The van der Waals surface area contributed by atoms with E-state index < -0.39 is 6.04 Å². The molecule has 2 aliphatic rings. The smallest absolute Gasteiger partial charge is 0.217 e. The first kappa shape index (κ1) is 24.0. The Bertz CT molecular complexity index is 1650. The fraction of sp³-hybridized carbons (Fsp3) is 0.370. The van der Waals surface area contributed by atoms with Gasteiger partial charge in [-0.05, 0) is 63.3 Å². The maximum atomic E-state index is 11.8. The summed E-state index contributed by atoms with van der Waals surface area (Å²) in [5, 5.41) is 40.5. The lowest BCUT2D eigenvalue weighted by molar-refractivity contribution is -0.120. The molecule has 2 aliphatic carbocycles. The van der Waals surface area contributed by atoms with Crippen molar-refractivity contribution in [2.24, 2.45) is 0 Å². The Morgan fingerprint density at radius 1 is 1.16 bits per heavy atom. The number of amides is 1. The second-order valence-electron chi connectivity index (χ2n) is 10.4. The molecule has 2 fully saturated rings. The lowest BCUT2D eigenvalue weighted by atomic mass is 9.85. The van der Waals surface area contributed by atoms with Crippen LogP contribution in [0, 0.1) is 22.7 Å². The van der Waals surface area contributed by atoms with Crippen molar-refractivity contribution in [1.29, 1.82) is 10.5 Å². The topological polar surface area (TPSA) is 145 Å². The largest absolute Gasteiger partial charge is 0.369 e. The van der Waals surface area contributed by atoms with E-state index in [1.165, 1.54) is 6.20 Å². The van der Waals surface area contributed by atoms with Crippen molar-refractivity contribution in [2.45, 2.75) is 62.9 Å². The van der Waals surface area contributed by atoms with E-state index in [1.54, 1.807) is 42.0 Å². The number of anilines is 1. The summed E-state index contributed by atoms with van der Waals surface area (Å²) in [4.78, 5) is 16.5. The molecule has 10 nitrogen and oxygen atoms in total. The van der Waals surface area contributed by atoms with Crippen LogP contribution >= 0.6 is 11.3 Å². The first-order chi connectivity index (χ1) is 18.3. The lowest BCUT2D eigenvalue weighted by Crippen LogP contribution is -2.43. The Hall–Kier alpha value is -4.35. The van der Waals surface area contributed by atoms with Gasteiger partial charge in [-0.3, -0.25) is 9.78 Å². The summed E-state index contributed by atoms with van der Waals surface area (Å²) in [5.41, 5.74) is 4.05. The van der Waals surface area contributed by atoms with Gasteiger partial charge in [0.05, 0.1) is 40.3 Å². The molecule has 0 radical (unpaired) electrons. The van der Waals surface area contributed by atoms with Gasteiger partial charge in [0, 0.05) is 29.8 Å². The summed E-state index contributed by atoms with van der Waals surface area (Å²) in [7, 11) is 0. The van der Waals surface area contributed by atoms with Crippen molar-refractivity contribution >= 4 is 28.4 Å². The fourth-order valence-electron chi connectivity index (χ4n) is 5.99. The van der Waals surface area contributed by atoms with Crippen LogP contribution in [0.3, 0.4) is 0 Å². The number of nitrogens with zero attached hydrogens (tertiary/aromatic N) is 7. The molecule has 0 saturated heterocycles. The number of rotatable bonds is 6. The Morgan fingerprint density at radius 3 is 2.71 bits per heavy atom. The van der Waals surface area contributed by atoms with Crippen molar-refractivity contribution in [3.63, 3.8) is 0 Å². The van der Waals surface area contributed by atoms with Gasteiger partial charge in [0.1, 0.15) is 17.1 Å². The zero-order chi connectivity index (χ0) is 26.5. The van der Waals surface area contributed by atoms with Crippen LogP contribution in [0.2, 0.25) is 0 Å². The summed E-state index contributed by atoms with van der Waals surface area (Å²) in [6.45, 7) is 3.38. The minimum absolute atomic E-state index is 0.0191. The number of aromatic nitrogens is 5. The van der Waals surface area contributed by atoms with Crippen molar-refractivity contribution in [3.8, 4) is 34.1 Å². The zero-order valence-electron chi connectivity index (χ0n) is 21.0. The number of fused-ring (bicyclic) bond motifs is 3. The number of nitriles is 2. The molecule has 0 aliphatic heterocycles. The maximum absolute atomic E-state index is 11.8. The molecule has 2 bridgehead atoms. The van der Waals surface area contributed by atoms with E-state index in [9.17, 15) is 15.3 Å². The molecule has 11 heteroatoms. The molecule has 0 unspecified atom stereocenters. The number of carbonyl (C=O) groups is 1. The van der Waals surface area contributed by atoms with E-state index in [2.05, 4.69) is 38.1 Å². The summed E-state index contributed by atoms with van der Waals surface area (Å²) in [5.74, 6) is 0.0191. The Balaban J connectivity index is 1.36. The van der Waals surface area contributed by atoms with Crippen LogP contribution < -0.4 is 10.6 Å². The van der Waals surface area contributed by atoms with E-state index in [1.807, 2.05) is 18.2 Å². The van der Waals surface area contributed by atoms with Gasteiger partial charge in [0.15, 0.2) is 5.01 Å². The zero-order valence-corrected chi connectivity index (χ0v) is 21.8. The molecule has 1 amide bonds. The van der Waals surface area contributed by atoms with E-state index in [0.717, 1.165) is 64.6 Å². The van der Waals surface area contributed by atoms with Crippen LogP contribution in [-0.4, -0.2) is 42.3 Å². The molecule has 0 spiro atoms. The second kappa shape index (κ2) is 8.89. The SMILES string of the molecule is CC(=O)NC12CCC(c3nnc(-c4cnc(-c5ccc6cc(C#N)cnn56)cc4N[C@H](C)C#N)s3)(CC1)C2. The van der Waals surface area contributed by atoms with Gasteiger partial charge in [-0.15, -0.1) is 10.2 Å². The van der Waals surface area contributed by atoms with E-state index >= 15 is 0 Å². The summed E-state index contributed by atoms with van der Waals surface area (Å²) < 4.78 is 1.74. The highest BCUT2D eigenvalue weighted by Gasteiger charge is 2.57. The molecule has 4 aromatic heterocycles. The quantitative estimate of drug-likeness (QED) is 0.382. The predicted octanol–water partition coefficient (Wildman–Crippen LogP) is 4.20. The van der Waals surface area contributed by atoms with Gasteiger partial charge in [0.25, 0.3) is 0 Å². The number of nitrogens with one attached hydrogen (secondary N) is 2. The molecule has 6 rings (SSSR count).